The van der Waals surface area contributed by atoms with Crippen molar-refractivity contribution in [3.05, 3.63) is 12.7 Å². The van der Waals surface area contributed by atoms with Crippen molar-refractivity contribution in [3.8, 4) is 0 Å². The summed E-state index contributed by atoms with van der Waals surface area (Å²) in [5.74, 6) is 0.947. The van der Waals surface area contributed by atoms with Gasteiger partial charge in [-0.3, -0.25) is 0 Å². The van der Waals surface area contributed by atoms with E-state index in [-0.39, 0.29) is 0 Å². The first-order valence-electron chi connectivity index (χ1n) is 3.80. The van der Waals surface area contributed by atoms with Crippen LogP contribution in [-0.4, -0.2) is 25.8 Å². The molecule has 12 heavy (non-hydrogen) atoms. The molecule has 1 aromatic heterocycles. The van der Waals surface area contributed by atoms with Crippen LogP contribution in [0.5, 0.6) is 0 Å². The van der Waals surface area contributed by atoms with Gasteiger partial charge in [0.2, 0.25) is 0 Å². The minimum Gasteiger partial charge on any atom is -0.409 e. The van der Waals surface area contributed by atoms with Gasteiger partial charge >= 0.3 is 0 Å². The fraction of sp³-hybridized carbons (Fsp3) is 0.571. The summed E-state index contributed by atoms with van der Waals surface area (Å²) in [6.45, 7) is 4.09. The summed E-state index contributed by atoms with van der Waals surface area (Å²) in [6.07, 6.45) is 3.60. The number of nitrogens with zero attached hydrogens (tertiary/aromatic N) is 4. The molecule has 1 heterocycles. The van der Waals surface area contributed by atoms with Crippen LogP contribution in [-0.2, 0) is 0 Å². The van der Waals surface area contributed by atoms with Gasteiger partial charge in [0.25, 0.3) is 0 Å². The predicted molar refractivity (Wildman–Crippen MR) is 44.1 cm³/mol. The zero-order valence-electron chi connectivity index (χ0n) is 7.18. The Morgan fingerprint density at radius 3 is 2.83 bits per heavy atom. The van der Waals surface area contributed by atoms with E-state index in [2.05, 4.69) is 15.2 Å². The monoisotopic (exact) mass is 168 g/mol. The Balaban J connectivity index is 2.72. The molecule has 0 unspecified atom stereocenters. The van der Waals surface area contributed by atoms with Crippen molar-refractivity contribution in [2.75, 3.05) is 0 Å². The van der Waals surface area contributed by atoms with Crippen molar-refractivity contribution in [1.29, 1.82) is 0 Å². The predicted octanol–water partition coefficient (Wildman–Crippen LogP) is 0.960. The summed E-state index contributed by atoms with van der Waals surface area (Å²) in [5, 5.41) is 15.6. The fourth-order valence-electron chi connectivity index (χ4n) is 0.887. The van der Waals surface area contributed by atoms with Crippen molar-refractivity contribution in [3.63, 3.8) is 0 Å². The van der Waals surface area contributed by atoms with E-state index in [1.165, 1.54) is 17.3 Å². The molecular weight excluding hydrogens is 156 g/mol. The number of hydrogen-bond donors (Lipinski definition) is 1. The summed E-state index contributed by atoms with van der Waals surface area (Å²) in [6, 6.07) is 0. The van der Waals surface area contributed by atoms with Crippen LogP contribution in [0.1, 0.15) is 20.3 Å². The zero-order valence-corrected chi connectivity index (χ0v) is 7.18. The first kappa shape index (κ1) is 8.70. The second kappa shape index (κ2) is 3.85. The average molecular weight is 168 g/mol. The number of aromatic nitrogens is 3. The largest absolute Gasteiger partial charge is 0.409 e. The molecule has 5 nitrogen and oxygen atoms in total. The van der Waals surface area contributed by atoms with Gasteiger partial charge in [0.05, 0.1) is 0 Å². The molecular formula is C7H12N4O. The molecule has 0 saturated heterocycles. The van der Waals surface area contributed by atoms with E-state index in [1.54, 1.807) is 0 Å². The molecule has 66 valence electrons. The third kappa shape index (κ3) is 2.05. The van der Waals surface area contributed by atoms with E-state index >= 15 is 0 Å². The van der Waals surface area contributed by atoms with Crippen LogP contribution in [0, 0.1) is 5.92 Å². The molecule has 0 spiro atoms. The third-order valence-electron chi connectivity index (χ3n) is 1.39. The maximum Gasteiger partial charge on any atom is 0.170 e. The zero-order chi connectivity index (χ0) is 8.97. The van der Waals surface area contributed by atoms with Crippen molar-refractivity contribution >= 4 is 5.84 Å². The summed E-state index contributed by atoms with van der Waals surface area (Å²) in [4.78, 5) is 3.76. The standard InChI is InChI=1S/C7H12N4O/c1-6(2)3-7(10-12)11-5-8-4-9-11/h4-6,12H,3H2,1-2H3/b10-7+. The molecule has 0 saturated carbocycles. The normalized spacial score (nSPS) is 12.4. The van der Waals surface area contributed by atoms with E-state index in [9.17, 15) is 0 Å². The lowest BCUT2D eigenvalue weighted by molar-refractivity contribution is 0.313. The highest BCUT2D eigenvalue weighted by molar-refractivity contribution is 5.82. The first-order chi connectivity index (χ1) is 5.74. The van der Waals surface area contributed by atoms with Crippen molar-refractivity contribution in [2.24, 2.45) is 11.1 Å². The molecule has 0 atom stereocenters. The number of oxime groups is 1. The Hall–Kier alpha value is -1.39. The van der Waals surface area contributed by atoms with E-state index in [0.717, 1.165) is 0 Å². The quantitative estimate of drug-likeness (QED) is 0.309. The lowest BCUT2D eigenvalue weighted by Crippen LogP contribution is -2.14. The first-order valence-corrected chi connectivity index (χ1v) is 3.80. The van der Waals surface area contributed by atoms with E-state index in [1.807, 2.05) is 13.8 Å². The Morgan fingerprint density at radius 2 is 2.42 bits per heavy atom. The van der Waals surface area contributed by atoms with Crippen molar-refractivity contribution in [1.82, 2.24) is 14.8 Å². The van der Waals surface area contributed by atoms with Crippen LogP contribution in [0.4, 0.5) is 0 Å². The molecule has 0 aliphatic heterocycles. The summed E-state index contributed by atoms with van der Waals surface area (Å²) in [7, 11) is 0. The van der Waals surface area contributed by atoms with Crippen molar-refractivity contribution in [2.45, 2.75) is 20.3 Å². The maximum absolute atomic E-state index is 8.65. The second-order valence-electron chi connectivity index (χ2n) is 2.95. The minimum atomic E-state index is 0.431. The second-order valence-corrected chi connectivity index (χ2v) is 2.95. The summed E-state index contributed by atoms with van der Waals surface area (Å²) < 4.78 is 1.46. The van der Waals surface area contributed by atoms with Gasteiger partial charge in [-0.15, -0.1) is 0 Å². The van der Waals surface area contributed by atoms with E-state index in [4.69, 9.17) is 5.21 Å². The Labute approximate surface area is 70.7 Å². The third-order valence-corrected chi connectivity index (χ3v) is 1.39. The van der Waals surface area contributed by atoms with Gasteiger partial charge in [0.15, 0.2) is 5.84 Å². The van der Waals surface area contributed by atoms with Crippen LogP contribution < -0.4 is 0 Å². The molecule has 1 rings (SSSR count). The molecule has 0 aliphatic carbocycles. The van der Waals surface area contributed by atoms with Crippen LogP contribution in [0.15, 0.2) is 17.8 Å². The minimum absolute atomic E-state index is 0.431. The number of hydrogen-bond acceptors (Lipinski definition) is 4. The molecule has 0 bridgehead atoms. The molecule has 1 aromatic rings. The van der Waals surface area contributed by atoms with Crippen LogP contribution in [0.2, 0.25) is 0 Å². The fourth-order valence-corrected chi connectivity index (χ4v) is 0.887. The van der Waals surface area contributed by atoms with Gasteiger partial charge in [-0.25, -0.2) is 9.67 Å². The van der Waals surface area contributed by atoms with Crippen LogP contribution in [0.3, 0.4) is 0 Å². The smallest absolute Gasteiger partial charge is 0.170 e. The molecule has 1 N–H and O–H groups in total. The average Bonchev–Trinajstić information content (AvgIpc) is 2.51. The lowest BCUT2D eigenvalue weighted by atomic mass is 10.1. The van der Waals surface area contributed by atoms with E-state index < -0.39 is 0 Å². The topological polar surface area (TPSA) is 63.3 Å². The van der Waals surface area contributed by atoms with Gasteiger partial charge < -0.3 is 5.21 Å². The van der Waals surface area contributed by atoms with Gasteiger partial charge in [-0.2, -0.15) is 5.10 Å². The van der Waals surface area contributed by atoms with Gasteiger partial charge in [0.1, 0.15) is 12.7 Å². The Morgan fingerprint density at radius 1 is 1.67 bits per heavy atom. The highest BCUT2D eigenvalue weighted by Crippen LogP contribution is 2.02. The lowest BCUT2D eigenvalue weighted by Gasteiger charge is -2.05. The molecule has 0 aliphatic rings. The molecule has 0 amide bonds. The summed E-state index contributed by atoms with van der Waals surface area (Å²) >= 11 is 0. The molecule has 5 heteroatoms. The summed E-state index contributed by atoms with van der Waals surface area (Å²) in [5.41, 5.74) is 0. The van der Waals surface area contributed by atoms with E-state index in [0.29, 0.717) is 18.2 Å². The highest BCUT2D eigenvalue weighted by Gasteiger charge is 2.05. The molecule has 0 aromatic carbocycles. The van der Waals surface area contributed by atoms with Gasteiger partial charge in [-0.1, -0.05) is 19.0 Å². The van der Waals surface area contributed by atoms with Gasteiger partial charge in [0, 0.05) is 6.42 Å². The SMILES string of the molecule is CC(C)C/C(=N\O)n1cncn1. The highest BCUT2D eigenvalue weighted by atomic mass is 16.4. The van der Waals surface area contributed by atoms with Crippen LogP contribution in [0.25, 0.3) is 0 Å². The molecule has 0 radical (unpaired) electrons. The Bertz CT molecular complexity index is 252. The Kier molecular flexibility index (Phi) is 2.79. The van der Waals surface area contributed by atoms with Gasteiger partial charge in [-0.05, 0) is 5.92 Å². The van der Waals surface area contributed by atoms with Crippen molar-refractivity contribution < 1.29 is 5.21 Å². The maximum atomic E-state index is 8.65. The molecule has 0 fully saturated rings. The van der Waals surface area contributed by atoms with Crippen LogP contribution >= 0.6 is 0 Å². The number of rotatable bonds is 2.